The highest BCUT2D eigenvalue weighted by atomic mass is 14.3. The van der Waals surface area contributed by atoms with Crippen LogP contribution in [0, 0.1) is 45.3 Å². The van der Waals surface area contributed by atoms with Gasteiger partial charge in [0, 0.05) is 23.8 Å². The number of benzene rings is 16. The standard InChI is InChI=1S/C45H30N2.C42H22N2.CH4.8H2/c1-28(2)35-11-5-7-33-8-6-12-36(45(33)35)34-21-22-39-42(23-34)41(32-19-15-30(27-47)16-20-32)25-43-38-10-4-3-9-37(38)40(24-44(39)43)31-17-13-29(26-46)14-18-31;43-23-25-11-15-27(16-12-25)34-19-40-36(31-8-2-1-7-30(31)34)20-35(28-17-13-26(24-44)14-18-28)39-21-37-32-9-3-5-29-6-4-10-33(42(29)32)38(37)22-41(39)40;;;;;;;;;/h3-25,28H,1-2H3;1-22H;1H4;8*1H/i;;;8*1+1D. The minimum Gasteiger partial charge on any atom is -0.192 e. The third-order valence-electron chi connectivity index (χ3n) is 18.7. The van der Waals surface area contributed by atoms with Gasteiger partial charge in [-0.3, -0.25) is 0 Å². The van der Waals surface area contributed by atoms with Crippen molar-refractivity contribution in [1.82, 2.24) is 0 Å². The summed E-state index contributed by atoms with van der Waals surface area (Å²) in [4.78, 5) is 0. The Hall–Kier alpha value is -12.4. The van der Waals surface area contributed by atoms with E-state index in [0.29, 0.717) is 28.2 Å². The molecule has 444 valence electrons. The van der Waals surface area contributed by atoms with Gasteiger partial charge in [0.15, 0.2) is 0 Å². The van der Waals surface area contributed by atoms with Crippen LogP contribution in [0.5, 0.6) is 0 Å². The van der Waals surface area contributed by atoms with E-state index < -0.39 is 0 Å². The highest BCUT2D eigenvalue weighted by Gasteiger charge is 2.25. The van der Waals surface area contributed by atoms with E-state index in [1.165, 1.54) is 125 Å². The van der Waals surface area contributed by atoms with Crippen molar-refractivity contribution in [2.45, 2.75) is 27.2 Å². The highest BCUT2D eigenvalue weighted by Crippen LogP contribution is 2.52. The zero-order valence-electron chi connectivity index (χ0n) is 65.8. The topological polar surface area (TPSA) is 95.2 Å². The summed E-state index contributed by atoms with van der Waals surface area (Å²) in [6.07, 6.45) is 0. The molecule has 1 aliphatic carbocycles. The molecule has 17 rings (SSSR count). The van der Waals surface area contributed by atoms with E-state index in [0.717, 1.165) is 44.5 Å². The van der Waals surface area contributed by atoms with Gasteiger partial charge in [0.05, 0.1) is 46.5 Å². The fraction of sp³-hybridized carbons (Fsp3) is 0.0455. The van der Waals surface area contributed by atoms with Crippen LogP contribution in [-0.4, -0.2) is 0 Å². The summed E-state index contributed by atoms with van der Waals surface area (Å²) >= 11 is 0. The van der Waals surface area contributed by atoms with Crippen molar-refractivity contribution >= 4 is 86.2 Å². The van der Waals surface area contributed by atoms with E-state index in [2.05, 4.69) is 250 Å². The average molecular weight is 1200 g/mol. The van der Waals surface area contributed by atoms with Gasteiger partial charge in [0.25, 0.3) is 0 Å². The first kappa shape index (κ1) is 47.6. The molecule has 0 amide bonds. The third kappa shape index (κ3) is 9.18. The molecule has 4 nitrogen and oxygen atoms in total. The first-order valence-electron chi connectivity index (χ1n) is 38.7. The SMILES string of the molecule is C.CC(C)c1cccc2cccc(-c3ccc4c(c3)c(-c3ccc(C#N)cc3)cc3c5ccccc5c(-c5ccc(C#N)cc5)cc43)c12.N#Cc1ccc(-c2cc3c4cc5c(cc4c(-c4ccc(C#N)cc4)cc3c3ccccc23)-c2cccc3cccc-5c23)cc1.[2H][2H].[2H][2H].[2H][2H].[2H][2H].[2H][2H].[2H][2H].[2H][2H].[2H][2H]. The maximum atomic E-state index is 9.52. The van der Waals surface area contributed by atoms with Gasteiger partial charge in [-0.25, -0.2) is 0 Å². The second kappa shape index (κ2) is 22.6. The lowest BCUT2D eigenvalue weighted by molar-refractivity contribution is 0.876. The van der Waals surface area contributed by atoms with Gasteiger partial charge < -0.3 is 0 Å². The third-order valence-corrected chi connectivity index (χ3v) is 18.7. The lowest BCUT2D eigenvalue weighted by Crippen LogP contribution is -1.93. The molecule has 1 aliphatic rings. The van der Waals surface area contributed by atoms with Crippen LogP contribution < -0.4 is 0 Å². The van der Waals surface area contributed by atoms with Crippen LogP contribution >= 0.6 is 0 Å². The van der Waals surface area contributed by atoms with Gasteiger partial charge >= 0.3 is 0 Å². The van der Waals surface area contributed by atoms with Crippen LogP contribution in [0.1, 0.15) is 78.8 Å². The smallest absolute Gasteiger partial charge is 0.0991 e. The van der Waals surface area contributed by atoms with Crippen molar-refractivity contribution in [2.75, 3.05) is 0 Å². The Morgan fingerprint density at radius 1 is 0.250 bits per heavy atom. The second-order valence-corrected chi connectivity index (χ2v) is 24.1. The quantitative estimate of drug-likeness (QED) is 0.155. The van der Waals surface area contributed by atoms with Crippen LogP contribution in [0.3, 0.4) is 0 Å². The number of nitriles is 4. The molecule has 0 unspecified atom stereocenters. The molecule has 4 heteroatoms. The molecule has 0 bridgehead atoms. The van der Waals surface area contributed by atoms with Gasteiger partial charge in [0.1, 0.15) is 0 Å². The predicted molar refractivity (Wildman–Crippen MR) is 401 cm³/mol. The van der Waals surface area contributed by atoms with Crippen molar-refractivity contribution in [3.8, 4) is 102 Å². The van der Waals surface area contributed by atoms with Gasteiger partial charge in [-0.15, -0.1) is 0 Å². The van der Waals surface area contributed by atoms with Crippen molar-refractivity contribution in [3.05, 3.63) is 301 Å². The maximum Gasteiger partial charge on any atom is 0.0991 e. The largest absolute Gasteiger partial charge is 0.192 e. The van der Waals surface area contributed by atoms with Crippen LogP contribution in [-0.2, 0) is 0 Å². The van der Waals surface area contributed by atoms with Crippen molar-refractivity contribution in [2.24, 2.45) is 0 Å². The summed E-state index contributed by atoms with van der Waals surface area (Å²) in [6.45, 7) is 4.52. The molecule has 0 N–H and O–H groups in total. The lowest BCUT2D eigenvalue weighted by Gasteiger charge is -2.18. The summed E-state index contributed by atoms with van der Waals surface area (Å²) in [7, 11) is 0. The Morgan fingerprint density at radius 3 is 0.967 bits per heavy atom. The monoisotopic (exact) mass is 1200 g/mol. The average Bonchev–Trinajstić information content (AvgIpc) is 1.46. The van der Waals surface area contributed by atoms with Crippen LogP contribution in [0.4, 0.5) is 0 Å². The molecule has 0 radical (unpaired) electrons. The summed E-state index contributed by atoms with van der Waals surface area (Å²) < 4.78 is 80.0. The van der Waals surface area contributed by atoms with Gasteiger partial charge in [-0.05, 0) is 267 Å². The van der Waals surface area contributed by atoms with Crippen molar-refractivity contribution < 1.29 is 23.8 Å². The van der Waals surface area contributed by atoms with Crippen LogP contribution in [0.2, 0.25) is 0 Å². The molecule has 92 heavy (non-hydrogen) atoms. The molecule has 0 heterocycles. The van der Waals surface area contributed by atoms with Crippen molar-refractivity contribution in [3.63, 3.8) is 0 Å². The van der Waals surface area contributed by atoms with Gasteiger partial charge in [-0.1, -0.05) is 203 Å². The number of rotatable bonds is 6. The van der Waals surface area contributed by atoms with E-state index in [9.17, 15) is 21.0 Å². The zero-order valence-corrected chi connectivity index (χ0v) is 49.8. The first-order chi connectivity index (χ1) is 52.7. The Kier molecular flexibility index (Phi) is 11.7. The summed E-state index contributed by atoms with van der Waals surface area (Å²) in [5.74, 6) is 0.396. The van der Waals surface area contributed by atoms with Crippen molar-refractivity contribution in [1.29, 1.82) is 21.0 Å². The Labute approximate surface area is 558 Å². The van der Waals surface area contributed by atoms with E-state index in [1.54, 1.807) is 0 Å². The fourth-order valence-electron chi connectivity index (χ4n) is 14.4. The summed E-state index contributed by atoms with van der Waals surface area (Å²) in [6, 6.07) is 105. The number of hydrogen-bond donors (Lipinski definition) is 0. The van der Waals surface area contributed by atoms with E-state index in [-0.39, 0.29) is 7.43 Å². The fourth-order valence-corrected chi connectivity index (χ4v) is 14.4. The molecule has 0 fully saturated rings. The maximum absolute atomic E-state index is 9.52. The summed E-state index contributed by atoms with van der Waals surface area (Å²) in [5, 5.41) is 57.2. The molecule has 16 aromatic carbocycles. The number of fused-ring (bicyclic) bond motifs is 14. The predicted octanol–water partition coefficient (Wildman–Crippen LogP) is 25.8. The number of nitrogens with zero attached hydrogens (tertiary/aromatic N) is 4. The Balaban J connectivity index is 0.000000253. The Morgan fingerprint density at radius 2 is 0.554 bits per heavy atom. The van der Waals surface area contributed by atoms with Crippen LogP contribution in [0.25, 0.3) is 164 Å². The zero-order chi connectivity index (χ0) is 77.4. The van der Waals surface area contributed by atoms with Crippen LogP contribution in [0.15, 0.2) is 273 Å². The number of hydrogen-bond acceptors (Lipinski definition) is 4. The minimum absolute atomic E-state index is 0. The second-order valence-electron chi connectivity index (χ2n) is 24.1. The first-order valence-corrected chi connectivity index (χ1v) is 30.7. The van der Waals surface area contributed by atoms with E-state index in [4.69, 9.17) is 23.8 Å². The molecular weight excluding hydrogens is 1110 g/mol. The molecule has 0 spiro atoms. The lowest BCUT2D eigenvalue weighted by atomic mass is 9.85. The molecule has 0 saturated heterocycles. The molecular formula is C88H72N4. The molecule has 0 aromatic heterocycles. The van der Waals surface area contributed by atoms with Gasteiger partial charge in [0.2, 0.25) is 0 Å². The summed E-state index contributed by atoms with van der Waals surface area (Å²) in [5.41, 5.74) is 20.4. The van der Waals surface area contributed by atoms with E-state index in [1.807, 2.05) is 60.7 Å². The highest BCUT2D eigenvalue weighted by molar-refractivity contribution is 6.28. The Bertz CT molecular complexity index is 5980. The van der Waals surface area contributed by atoms with Gasteiger partial charge in [-0.2, -0.15) is 21.0 Å². The molecule has 0 aliphatic heterocycles. The van der Waals surface area contributed by atoms with E-state index >= 15 is 0 Å². The minimum atomic E-state index is 0. The molecule has 0 saturated carbocycles. The normalized spacial score (nSPS) is 12.0. The molecule has 16 aromatic rings. The molecule has 0 atom stereocenters.